The van der Waals surface area contributed by atoms with E-state index >= 15 is 0 Å². The van der Waals surface area contributed by atoms with Gasteiger partial charge in [-0.15, -0.1) is 11.8 Å². The lowest BCUT2D eigenvalue weighted by molar-refractivity contribution is -0.115. The van der Waals surface area contributed by atoms with Gasteiger partial charge in [0.2, 0.25) is 11.7 Å². The lowest BCUT2D eigenvalue weighted by Crippen LogP contribution is -2.27. The zero-order chi connectivity index (χ0) is 21.3. The number of methoxy groups -OCH3 is 3. The number of carbonyl (C=O) groups excluding carboxylic acids is 1. The third kappa shape index (κ3) is 3.63. The molecule has 0 N–H and O–H groups in total. The molecule has 158 valence electrons. The van der Waals surface area contributed by atoms with Crippen molar-refractivity contribution in [2.45, 2.75) is 12.3 Å². The summed E-state index contributed by atoms with van der Waals surface area (Å²) in [4.78, 5) is 19.3. The van der Waals surface area contributed by atoms with Gasteiger partial charge in [-0.05, 0) is 42.8 Å². The third-order valence-corrected chi connectivity index (χ3v) is 6.94. The van der Waals surface area contributed by atoms with E-state index in [2.05, 4.69) is 0 Å². The molecule has 2 aromatic carbocycles. The van der Waals surface area contributed by atoms with Gasteiger partial charge >= 0.3 is 0 Å². The number of thiazole rings is 1. The molecule has 9 heteroatoms. The Hall–Kier alpha value is -2.65. The van der Waals surface area contributed by atoms with Gasteiger partial charge in [0.05, 0.1) is 43.9 Å². The molecule has 4 rings (SSSR count). The molecule has 1 amide bonds. The molecule has 1 aliphatic rings. The van der Waals surface area contributed by atoms with Gasteiger partial charge in [0.1, 0.15) is 11.1 Å². The molecule has 0 aliphatic carbocycles. The second-order valence-corrected chi connectivity index (χ2v) is 8.52. The second kappa shape index (κ2) is 8.61. The summed E-state index contributed by atoms with van der Waals surface area (Å²) in [6.07, 6.45) is 0. The minimum atomic E-state index is -0.238. The average molecular weight is 447 g/mol. The molecule has 2 heterocycles. The monoisotopic (exact) mass is 446 g/mol. The molecule has 30 heavy (non-hydrogen) atoms. The van der Waals surface area contributed by atoms with Crippen LogP contribution < -0.4 is 23.8 Å². The second-order valence-electron chi connectivity index (χ2n) is 6.44. The van der Waals surface area contributed by atoms with Crippen molar-refractivity contribution >= 4 is 44.4 Å². The summed E-state index contributed by atoms with van der Waals surface area (Å²) in [5.41, 5.74) is 1.72. The Balaban J connectivity index is 1.75. The topological polar surface area (TPSA) is 70.1 Å². The van der Waals surface area contributed by atoms with Gasteiger partial charge in [-0.25, -0.2) is 4.98 Å². The first-order valence-electron chi connectivity index (χ1n) is 9.36. The van der Waals surface area contributed by atoms with E-state index in [9.17, 15) is 4.79 Å². The largest absolute Gasteiger partial charge is 0.494 e. The van der Waals surface area contributed by atoms with Crippen molar-refractivity contribution < 1.29 is 23.7 Å². The molecule has 0 radical (unpaired) electrons. The van der Waals surface area contributed by atoms with Crippen molar-refractivity contribution in [3.8, 4) is 23.0 Å². The van der Waals surface area contributed by atoms with E-state index in [1.807, 2.05) is 37.3 Å². The Morgan fingerprint density at radius 1 is 1.10 bits per heavy atom. The number of nitrogens with zero attached hydrogens (tertiary/aromatic N) is 2. The van der Waals surface area contributed by atoms with E-state index < -0.39 is 0 Å². The van der Waals surface area contributed by atoms with Gasteiger partial charge in [-0.1, -0.05) is 11.3 Å². The highest BCUT2D eigenvalue weighted by atomic mass is 32.2. The summed E-state index contributed by atoms with van der Waals surface area (Å²) in [5, 5.41) is 0.422. The van der Waals surface area contributed by atoms with Gasteiger partial charge in [0.25, 0.3) is 0 Å². The van der Waals surface area contributed by atoms with Crippen LogP contribution in [-0.4, -0.2) is 44.6 Å². The highest BCUT2D eigenvalue weighted by Crippen LogP contribution is 2.48. The molecule has 3 aromatic rings. The number of benzene rings is 2. The molecule has 0 bridgehead atoms. The Bertz CT molecular complexity index is 1060. The fraction of sp³-hybridized carbons (Fsp3) is 0.333. The molecule has 1 atom stereocenters. The SMILES string of the molecule is CCOc1ccc2nc(N3C(=O)CS[C@H]3c3cc(OC)c(OC)c(OC)c3)sc2c1. The number of ether oxygens (including phenoxy) is 4. The minimum absolute atomic E-state index is 0.0165. The van der Waals surface area contributed by atoms with Crippen molar-refractivity contribution in [1.82, 2.24) is 4.98 Å². The molecule has 1 aliphatic heterocycles. The third-order valence-electron chi connectivity index (χ3n) is 4.71. The molecule has 1 saturated heterocycles. The van der Waals surface area contributed by atoms with Crippen LogP contribution in [0, 0.1) is 0 Å². The van der Waals surface area contributed by atoms with Crippen molar-refractivity contribution in [2.75, 3.05) is 38.6 Å². The van der Waals surface area contributed by atoms with Gasteiger partial charge in [0, 0.05) is 0 Å². The Kier molecular flexibility index (Phi) is 5.92. The molecular weight excluding hydrogens is 424 g/mol. The van der Waals surface area contributed by atoms with Crippen molar-refractivity contribution in [3.05, 3.63) is 35.9 Å². The lowest BCUT2D eigenvalue weighted by atomic mass is 10.1. The van der Waals surface area contributed by atoms with Gasteiger partial charge in [-0.3, -0.25) is 9.69 Å². The van der Waals surface area contributed by atoms with Crippen LogP contribution >= 0.6 is 23.1 Å². The van der Waals surface area contributed by atoms with E-state index in [4.69, 9.17) is 23.9 Å². The van der Waals surface area contributed by atoms with Crippen molar-refractivity contribution in [2.24, 2.45) is 0 Å². The number of amides is 1. The minimum Gasteiger partial charge on any atom is -0.494 e. The summed E-state index contributed by atoms with van der Waals surface area (Å²) in [6.45, 7) is 2.55. The number of rotatable bonds is 7. The number of fused-ring (bicyclic) bond motifs is 1. The fourth-order valence-corrected chi connectivity index (χ4v) is 5.61. The summed E-state index contributed by atoms with van der Waals surface area (Å²) in [6, 6.07) is 9.54. The highest BCUT2D eigenvalue weighted by Gasteiger charge is 2.37. The van der Waals surface area contributed by atoms with Crippen LogP contribution in [0.25, 0.3) is 10.2 Å². The Morgan fingerprint density at radius 2 is 1.83 bits per heavy atom. The molecule has 7 nitrogen and oxygen atoms in total. The predicted molar refractivity (Wildman–Crippen MR) is 120 cm³/mol. The summed E-state index contributed by atoms with van der Waals surface area (Å²) in [7, 11) is 4.72. The van der Waals surface area contributed by atoms with Crippen LogP contribution in [0.3, 0.4) is 0 Å². The molecule has 0 spiro atoms. The van der Waals surface area contributed by atoms with Crippen molar-refractivity contribution in [3.63, 3.8) is 0 Å². The maximum Gasteiger partial charge on any atom is 0.240 e. The highest BCUT2D eigenvalue weighted by molar-refractivity contribution is 8.00. The number of thioether (sulfide) groups is 1. The number of aromatic nitrogens is 1. The number of hydrogen-bond donors (Lipinski definition) is 0. The fourth-order valence-electron chi connectivity index (χ4n) is 3.37. The van der Waals surface area contributed by atoms with Gasteiger partial charge in [0.15, 0.2) is 16.6 Å². The number of anilines is 1. The molecule has 1 fully saturated rings. The zero-order valence-electron chi connectivity index (χ0n) is 17.1. The van der Waals surface area contributed by atoms with E-state index in [0.717, 1.165) is 21.5 Å². The molecule has 0 unspecified atom stereocenters. The van der Waals surface area contributed by atoms with Crippen LogP contribution in [0.2, 0.25) is 0 Å². The van der Waals surface area contributed by atoms with Crippen LogP contribution in [0.4, 0.5) is 5.13 Å². The first-order chi connectivity index (χ1) is 14.6. The zero-order valence-corrected chi connectivity index (χ0v) is 18.8. The normalized spacial score (nSPS) is 16.2. The van der Waals surface area contributed by atoms with Crippen LogP contribution in [0.15, 0.2) is 30.3 Å². The van der Waals surface area contributed by atoms with E-state index in [1.165, 1.54) is 11.3 Å². The quantitative estimate of drug-likeness (QED) is 0.529. The molecular formula is C21H22N2O5S2. The summed E-state index contributed by atoms with van der Waals surface area (Å²) >= 11 is 3.02. The van der Waals surface area contributed by atoms with Crippen LogP contribution in [0.5, 0.6) is 23.0 Å². The van der Waals surface area contributed by atoms with Gasteiger partial charge in [-0.2, -0.15) is 0 Å². The van der Waals surface area contributed by atoms with Crippen molar-refractivity contribution in [1.29, 1.82) is 0 Å². The van der Waals surface area contributed by atoms with E-state index in [-0.39, 0.29) is 11.3 Å². The van der Waals surface area contributed by atoms with E-state index in [1.54, 1.807) is 38.0 Å². The predicted octanol–water partition coefficient (Wildman–Crippen LogP) is 4.50. The smallest absolute Gasteiger partial charge is 0.240 e. The maximum atomic E-state index is 12.8. The Morgan fingerprint density at radius 3 is 2.47 bits per heavy atom. The number of hydrogen-bond acceptors (Lipinski definition) is 8. The Labute approximate surface area is 182 Å². The number of carbonyl (C=O) groups is 1. The summed E-state index contributed by atoms with van der Waals surface area (Å²) < 4.78 is 23.0. The average Bonchev–Trinajstić information content (AvgIpc) is 3.35. The van der Waals surface area contributed by atoms with Gasteiger partial charge < -0.3 is 18.9 Å². The van der Waals surface area contributed by atoms with Crippen LogP contribution in [0.1, 0.15) is 17.9 Å². The maximum absolute atomic E-state index is 12.8. The first-order valence-corrected chi connectivity index (χ1v) is 11.2. The lowest BCUT2D eigenvalue weighted by Gasteiger charge is -2.23. The first kappa shape index (κ1) is 20.6. The summed E-state index contributed by atoms with van der Waals surface area (Å²) in [5.74, 6) is 2.82. The van der Waals surface area contributed by atoms with Crippen LogP contribution in [-0.2, 0) is 4.79 Å². The molecule has 1 aromatic heterocycles. The molecule has 0 saturated carbocycles. The standard InChI is InChI=1S/C21H22N2O5S2/c1-5-28-13-6-7-14-17(10-13)30-21(22-14)23-18(24)11-29-20(23)12-8-15(25-2)19(27-4)16(9-12)26-3/h6-10,20H,5,11H2,1-4H3/t20-/m0/s1. The van der Waals surface area contributed by atoms with E-state index in [0.29, 0.717) is 34.7 Å².